The molecular formula is C16H16FN5O3. The van der Waals surface area contributed by atoms with Gasteiger partial charge in [0.1, 0.15) is 12.0 Å². The van der Waals surface area contributed by atoms with E-state index in [0.717, 1.165) is 19.0 Å². The molecule has 1 aliphatic rings. The van der Waals surface area contributed by atoms with Gasteiger partial charge in [-0.05, 0) is 37.1 Å². The summed E-state index contributed by atoms with van der Waals surface area (Å²) in [4.78, 5) is 32.4. The van der Waals surface area contributed by atoms with Crippen LogP contribution < -0.4 is 10.6 Å². The maximum Gasteiger partial charge on any atom is 0.329 e. The molecule has 2 heterocycles. The summed E-state index contributed by atoms with van der Waals surface area (Å²) in [6.45, 7) is 0.638. The van der Waals surface area contributed by atoms with Crippen molar-refractivity contribution in [1.29, 1.82) is 0 Å². The van der Waals surface area contributed by atoms with E-state index in [1.165, 1.54) is 24.3 Å². The molecule has 1 aromatic carbocycles. The van der Waals surface area contributed by atoms with E-state index in [1.54, 1.807) is 0 Å². The highest BCUT2D eigenvalue weighted by Gasteiger charge is 2.30. The summed E-state index contributed by atoms with van der Waals surface area (Å²) in [6, 6.07) is 5.28. The van der Waals surface area contributed by atoms with E-state index in [0.29, 0.717) is 12.1 Å². The van der Waals surface area contributed by atoms with Gasteiger partial charge in [-0.3, -0.25) is 14.9 Å². The molecular weight excluding hydrogens is 329 g/mol. The number of hydrogen-bond acceptors (Lipinski definition) is 7. The molecule has 1 aromatic heterocycles. The highest BCUT2D eigenvalue weighted by molar-refractivity contribution is 5.96. The second kappa shape index (κ2) is 6.80. The average Bonchev–Trinajstić information content (AvgIpc) is 3.03. The Hall–Kier alpha value is -3.10. The minimum Gasteiger partial charge on any atom is -0.378 e. The number of halogens is 1. The van der Waals surface area contributed by atoms with Crippen molar-refractivity contribution >= 4 is 23.2 Å². The van der Waals surface area contributed by atoms with Crippen LogP contribution in [-0.4, -0.2) is 33.3 Å². The second-order valence-electron chi connectivity index (χ2n) is 5.82. The van der Waals surface area contributed by atoms with E-state index in [9.17, 15) is 19.3 Å². The quantitative estimate of drug-likeness (QED) is 0.502. The lowest BCUT2D eigenvalue weighted by molar-refractivity contribution is -0.384. The van der Waals surface area contributed by atoms with Crippen molar-refractivity contribution in [3.05, 3.63) is 52.0 Å². The molecule has 1 atom stereocenters. The average molecular weight is 345 g/mol. The van der Waals surface area contributed by atoms with Gasteiger partial charge in [-0.2, -0.15) is 4.98 Å². The fourth-order valence-corrected chi connectivity index (χ4v) is 2.94. The third-order valence-corrected chi connectivity index (χ3v) is 4.20. The maximum absolute atomic E-state index is 13.0. The largest absolute Gasteiger partial charge is 0.378 e. The van der Waals surface area contributed by atoms with Crippen molar-refractivity contribution in [1.82, 2.24) is 9.97 Å². The summed E-state index contributed by atoms with van der Waals surface area (Å²) in [7, 11) is 0. The standard InChI is InChI=1S/C16H16FN5O3/c17-11-5-3-10(4-6-11)14(23)8-12-2-1-7-21(12)16-19-9-13(22(24)25)15(18)20-16/h3-6,9,12H,1-2,7-8H2,(H2,18,19,20)/t12-/m1/s1. The zero-order valence-corrected chi connectivity index (χ0v) is 13.3. The lowest BCUT2D eigenvalue weighted by Gasteiger charge is -2.24. The molecule has 9 heteroatoms. The molecule has 0 saturated carbocycles. The topological polar surface area (TPSA) is 115 Å². The maximum atomic E-state index is 13.0. The number of carbonyl (C=O) groups is 1. The number of ketones is 1. The second-order valence-corrected chi connectivity index (χ2v) is 5.82. The molecule has 1 saturated heterocycles. The smallest absolute Gasteiger partial charge is 0.329 e. The van der Waals surface area contributed by atoms with Crippen molar-refractivity contribution < 1.29 is 14.1 Å². The number of aromatic nitrogens is 2. The molecule has 2 N–H and O–H groups in total. The summed E-state index contributed by atoms with van der Waals surface area (Å²) in [5.41, 5.74) is 5.72. The number of hydrogen-bond donors (Lipinski definition) is 1. The van der Waals surface area contributed by atoms with Gasteiger partial charge in [0.2, 0.25) is 11.8 Å². The fourth-order valence-electron chi connectivity index (χ4n) is 2.94. The molecule has 25 heavy (non-hydrogen) atoms. The van der Waals surface area contributed by atoms with Crippen molar-refractivity contribution in [3.63, 3.8) is 0 Å². The Kier molecular flexibility index (Phi) is 4.55. The van der Waals surface area contributed by atoms with Crippen LogP contribution in [0.15, 0.2) is 30.5 Å². The number of Topliss-reactive ketones (excluding diaryl/α,β-unsaturated/α-hetero) is 1. The van der Waals surface area contributed by atoms with Crippen LogP contribution in [0.25, 0.3) is 0 Å². The van der Waals surface area contributed by atoms with Crippen LogP contribution in [0.1, 0.15) is 29.6 Å². The fraction of sp³-hybridized carbons (Fsp3) is 0.312. The Morgan fingerprint density at radius 1 is 1.40 bits per heavy atom. The van der Waals surface area contributed by atoms with Crippen molar-refractivity contribution in [2.75, 3.05) is 17.2 Å². The van der Waals surface area contributed by atoms with Crippen LogP contribution in [0.2, 0.25) is 0 Å². The Morgan fingerprint density at radius 2 is 2.12 bits per heavy atom. The van der Waals surface area contributed by atoms with Crippen LogP contribution in [0.4, 0.5) is 21.8 Å². The van der Waals surface area contributed by atoms with Crippen molar-refractivity contribution in [3.8, 4) is 0 Å². The summed E-state index contributed by atoms with van der Waals surface area (Å²) in [5, 5.41) is 10.8. The minimum atomic E-state index is -0.640. The molecule has 0 aliphatic carbocycles. The van der Waals surface area contributed by atoms with Crippen LogP contribution in [0.3, 0.4) is 0 Å². The van der Waals surface area contributed by atoms with E-state index >= 15 is 0 Å². The number of carbonyl (C=O) groups excluding carboxylic acids is 1. The van der Waals surface area contributed by atoms with Gasteiger partial charge in [0.15, 0.2) is 5.78 Å². The molecule has 3 rings (SSSR count). The van der Waals surface area contributed by atoms with Gasteiger partial charge < -0.3 is 10.6 Å². The Bertz CT molecular complexity index is 812. The zero-order valence-electron chi connectivity index (χ0n) is 13.3. The Morgan fingerprint density at radius 3 is 2.76 bits per heavy atom. The number of benzene rings is 1. The first kappa shape index (κ1) is 16.7. The molecule has 2 aromatic rings. The normalized spacial score (nSPS) is 16.8. The first-order valence-electron chi connectivity index (χ1n) is 7.78. The highest BCUT2D eigenvalue weighted by Crippen LogP contribution is 2.28. The lowest BCUT2D eigenvalue weighted by atomic mass is 10.0. The van der Waals surface area contributed by atoms with Crippen LogP contribution in [0.5, 0.6) is 0 Å². The summed E-state index contributed by atoms with van der Waals surface area (Å²) < 4.78 is 13.0. The molecule has 8 nitrogen and oxygen atoms in total. The number of nitrogens with zero attached hydrogens (tertiary/aromatic N) is 4. The predicted molar refractivity (Wildman–Crippen MR) is 88.8 cm³/mol. The first-order chi connectivity index (χ1) is 12.0. The molecule has 0 unspecified atom stereocenters. The van der Waals surface area contributed by atoms with E-state index in [1.807, 2.05) is 4.90 Å². The minimum absolute atomic E-state index is 0.105. The molecule has 0 bridgehead atoms. The molecule has 0 spiro atoms. The highest BCUT2D eigenvalue weighted by atomic mass is 19.1. The molecule has 0 radical (unpaired) electrons. The van der Waals surface area contributed by atoms with Crippen LogP contribution in [-0.2, 0) is 0 Å². The zero-order chi connectivity index (χ0) is 18.0. The van der Waals surface area contributed by atoms with Crippen LogP contribution >= 0.6 is 0 Å². The molecule has 1 aliphatic heterocycles. The molecule has 130 valence electrons. The summed E-state index contributed by atoms with van der Waals surface area (Å²) >= 11 is 0. The van der Waals surface area contributed by atoms with E-state index in [-0.39, 0.29) is 35.7 Å². The summed E-state index contributed by atoms with van der Waals surface area (Å²) in [6.07, 6.45) is 2.93. The van der Waals surface area contributed by atoms with Crippen molar-refractivity contribution in [2.24, 2.45) is 0 Å². The number of nitrogen functional groups attached to an aromatic ring is 1. The van der Waals surface area contributed by atoms with Gasteiger partial charge in [0, 0.05) is 24.6 Å². The first-order valence-corrected chi connectivity index (χ1v) is 7.78. The van der Waals surface area contributed by atoms with Gasteiger partial charge >= 0.3 is 5.69 Å². The monoisotopic (exact) mass is 345 g/mol. The third-order valence-electron chi connectivity index (χ3n) is 4.20. The van der Waals surface area contributed by atoms with Gasteiger partial charge in [-0.15, -0.1) is 0 Å². The van der Waals surface area contributed by atoms with E-state index < -0.39 is 10.7 Å². The van der Waals surface area contributed by atoms with Crippen molar-refractivity contribution in [2.45, 2.75) is 25.3 Å². The van der Waals surface area contributed by atoms with Gasteiger partial charge in [-0.1, -0.05) is 0 Å². The number of rotatable bonds is 5. The Labute approximate surface area is 142 Å². The predicted octanol–water partition coefficient (Wildman–Crippen LogP) is 2.35. The number of nitrogens with two attached hydrogens (primary N) is 1. The number of anilines is 2. The van der Waals surface area contributed by atoms with E-state index in [2.05, 4.69) is 9.97 Å². The van der Waals surface area contributed by atoms with E-state index in [4.69, 9.17) is 5.73 Å². The van der Waals surface area contributed by atoms with Gasteiger partial charge in [0.05, 0.1) is 4.92 Å². The third kappa shape index (κ3) is 3.54. The Balaban J connectivity index is 1.76. The van der Waals surface area contributed by atoms with Gasteiger partial charge in [0.25, 0.3) is 0 Å². The van der Waals surface area contributed by atoms with Gasteiger partial charge in [-0.25, -0.2) is 9.37 Å². The summed E-state index contributed by atoms with van der Waals surface area (Å²) in [5.74, 6) is -0.427. The van der Waals surface area contributed by atoms with Crippen LogP contribution in [0, 0.1) is 15.9 Å². The number of nitro groups is 1. The molecule has 0 amide bonds. The molecule has 1 fully saturated rings. The SMILES string of the molecule is Nc1nc(N2CCC[C@@H]2CC(=O)c2ccc(F)cc2)ncc1[N+](=O)[O-]. The lowest BCUT2D eigenvalue weighted by Crippen LogP contribution is -2.33.